The number of halogens is 1. The number of pyridine rings is 1. The van der Waals surface area contributed by atoms with Crippen LogP contribution in [0.15, 0.2) is 36.5 Å². The van der Waals surface area contributed by atoms with Gasteiger partial charge in [-0.25, -0.2) is 9.37 Å². The molecule has 1 fully saturated rings. The van der Waals surface area contributed by atoms with Gasteiger partial charge in [0.05, 0.1) is 0 Å². The highest BCUT2D eigenvalue weighted by atomic mass is 19.1. The summed E-state index contributed by atoms with van der Waals surface area (Å²) in [6.45, 7) is 3.46. The number of rotatable bonds is 3. The molecule has 0 saturated carbocycles. The summed E-state index contributed by atoms with van der Waals surface area (Å²) in [6.07, 6.45) is 2.64. The van der Waals surface area contributed by atoms with Crippen LogP contribution in [0, 0.1) is 0 Å². The minimum atomic E-state index is -0.824. The van der Waals surface area contributed by atoms with Crippen molar-refractivity contribution in [2.24, 2.45) is 0 Å². The Hall–Kier alpha value is -2.40. The average Bonchev–Trinajstić information content (AvgIpc) is 3.00. The first-order chi connectivity index (χ1) is 12.2. The zero-order chi connectivity index (χ0) is 17.4. The fraction of sp³-hybridized carbons (Fsp3) is 0.350. The molecule has 4 nitrogen and oxygen atoms in total. The summed E-state index contributed by atoms with van der Waals surface area (Å²) in [4.78, 5) is 7.59. The Morgan fingerprint density at radius 2 is 2.16 bits per heavy atom. The number of benzene rings is 1. The molecule has 25 heavy (non-hydrogen) atoms. The van der Waals surface area contributed by atoms with E-state index in [1.54, 1.807) is 6.20 Å². The van der Waals surface area contributed by atoms with Crippen molar-refractivity contribution in [3.63, 3.8) is 0 Å². The Labute approximate surface area is 146 Å². The molecular weight excluding hydrogens is 315 g/mol. The van der Waals surface area contributed by atoms with Crippen LogP contribution in [0.3, 0.4) is 0 Å². The minimum Gasteiger partial charge on any atom is -0.384 e. The third kappa shape index (κ3) is 2.89. The number of hydrogen-bond acceptors (Lipinski definition) is 3. The molecule has 0 radical (unpaired) electrons. The fourth-order valence-corrected chi connectivity index (χ4v) is 3.91. The van der Waals surface area contributed by atoms with E-state index in [2.05, 4.69) is 40.4 Å². The molecule has 2 aromatic heterocycles. The lowest BCUT2D eigenvalue weighted by molar-refractivity contribution is 0.231. The number of aryl methyl sites for hydroxylation is 1. The van der Waals surface area contributed by atoms with Crippen LogP contribution in [0.5, 0.6) is 0 Å². The maximum Gasteiger partial charge on any atom is 0.123 e. The Morgan fingerprint density at radius 3 is 2.92 bits per heavy atom. The SMILES string of the molecule is CCc1c(-c2ccnc(N)c2)[nH]c2ccc(C3CCNCC3F)cc12. The second kappa shape index (κ2) is 6.48. The third-order valence-corrected chi connectivity index (χ3v) is 5.19. The first-order valence-electron chi connectivity index (χ1n) is 8.88. The van der Waals surface area contributed by atoms with Gasteiger partial charge in [0.1, 0.15) is 12.0 Å². The number of hydrogen-bond donors (Lipinski definition) is 3. The zero-order valence-electron chi connectivity index (χ0n) is 14.3. The smallest absolute Gasteiger partial charge is 0.123 e. The molecule has 3 aromatic rings. The van der Waals surface area contributed by atoms with Gasteiger partial charge >= 0.3 is 0 Å². The Bertz CT molecular complexity index is 902. The van der Waals surface area contributed by atoms with E-state index in [4.69, 9.17) is 5.73 Å². The van der Waals surface area contributed by atoms with E-state index in [-0.39, 0.29) is 5.92 Å². The summed E-state index contributed by atoms with van der Waals surface area (Å²) in [5.74, 6) is 0.485. The zero-order valence-corrected chi connectivity index (χ0v) is 14.3. The van der Waals surface area contributed by atoms with E-state index in [0.29, 0.717) is 12.4 Å². The number of aromatic nitrogens is 2. The molecule has 1 aromatic carbocycles. The molecule has 3 heterocycles. The summed E-state index contributed by atoms with van der Waals surface area (Å²) >= 11 is 0. The predicted octanol–water partition coefficient (Wildman–Crippen LogP) is 3.79. The quantitative estimate of drug-likeness (QED) is 0.681. The first kappa shape index (κ1) is 16.1. The van der Waals surface area contributed by atoms with Crippen molar-refractivity contribution in [1.29, 1.82) is 0 Å². The molecular formula is C20H23FN4. The molecule has 1 aliphatic heterocycles. The largest absolute Gasteiger partial charge is 0.384 e. The van der Waals surface area contributed by atoms with Gasteiger partial charge in [-0.15, -0.1) is 0 Å². The Kier molecular flexibility index (Phi) is 4.17. The minimum absolute atomic E-state index is 0.0229. The number of piperidine rings is 1. The van der Waals surface area contributed by atoms with Gasteiger partial charge in [0.2, 0.25) is 0 Å². The van der Waals surface area contributed by atoms with E-state index in [1.807, 2.05) is 12.1 Å². The number of nitrogens with one attached hydrogen (secondary N) is 2. The maximum absolute atomic E-state index is 14.3. The number of nitrogens with two attached hydrogens (primary N) is 1. The van der Waals surface area contributed by atoms with Crippen LogP contribution in [0.4, 0.5) is 10.2 Å². The number of alkyl halides is 1. The fourth-order valence-electron chi connectivity index (χ4n) is 3.91. The Balaban J connectivity index is 1.82. The van der Waals surface area contributed by atoms with E-state index < -0.39 is 6.17 Å². The van der Waals surface area contributed by atoms with Gasteiger partial charge in [-0.1, -0.05) is 13.0 Å². The standard InChI is InChI=1S/C20H23FN4/c1-2-14-16-9-12(15-6-7-23-11-17(15)21)3-4-18(16)25-20(14)13-5-8-24-19(22)10-13/h3-5,8-10,15,17,23,25H,2,6-7,11H2,1H3,(H2,22,24). The number of aromatic amines is 1. The highest BCUT2D eigenvalue weighted by Gasteiger charge is 2.26. The van der Waals surface area contributed by atoms with Gasteiger partial charge in [-0.2, -0.15) is 0 Å². The van der Waals surface area contributed by atoms with Gasteiger partial charge in [0.25, 0.3) is 0 Å². The number of nitrogen functional groups attached to an aromatic ring is 1. The average molecular weight is 338 g/mol. The molecule has 4 N–H and O–H groups in total. The van der Waals surface area contributed by atoms with E-state index in [9.17, 15) is 4.39 Å². The van der Waals surface area contributed by atoms with Gasteiger partial charge in [-0.05, 0) is 54.8 Å². The van der Waals surface area contributed by atoms with Crippen molar-refractivity contribution in [1.82, 2.24) is 15.3 Å². The van der Waals surface area contributed by atoms with Crippen LogP contribution in [0.1, 0.15) is 30.4 Å². The molecule has 0 amide bonds. The number of nitrogens with zero attached hydrogens (tertiary/aromatic N) is 1. The van der Waals surface area contributed by atoms with Crippen LogP contribution in [0.25, 0.3) is 22.2 Å². The van der Waals surface area contributed by atoms with Crippen LogP contribution < -0.4 is 11.1 Å². The second-order valence-electron chi connectivity index (χ2n) is 6.72. The molecule has 130 valence electrons. The summed E-state index contributed by atoms with van der Waals surface area (Å²) in [6, 6.07) is 10.2. The maximum atomic E-state index is 14.3. The lowest BCUT2D eigenvalue weighted by Crippen LogP contribution is -2.36. The number of anilines is 1. The van der Waals surface area contributed by atoms with Crippen molar-refractivity contribution in [2.45, 2.75) is 31.9 Å². The highest BCUT2D eigenvalue weighted by Crippen LogP contribution is 2.35. The summed E-state index contributed by atoms with van der Waals surface area (Å²) in [7, 11) is 0. The lowest BCUT2D eigenvalue weighted by atomic mass is 9.87. The van der Waals surface area contributed by atoms with Crippen molar-refractivity contribution in [3.05, 3.63) is 47.7 Å². The van der Waals surface area contributed by atoms with Crippen molar-refractivity contribution >= 4 is 16.7 Å². The molecule has 1 aliphatic rings. The van der Waals surface area contributed by atoms with Gasteiger partial charge < -0.3 is 16.0 Å². The van der Waals surface area contributed by atoms with Gasteiger partial charge in [0.15, 0.2) is 0 Å². The molecule has 5 heteroatoms. The van der Waals surface area contributed by atoms with Crippen LogP contribution in [0.2, 0.25) is 0 Å². The van der Waals surface area contributed by atoms with Crippen LogP contribution in [-0.4, -0.2) is 29.2 Å². The summed E-state index contributed by atoms with van der Waals surface area (Å²) in [5.41, 5.74) is 11.4. The monoisotopic (exact) mass is 338 g/mol. The predicted molar refractivity (Wildman–Crippen MR) is 100 cm³/mol. The first-order valence-corrected chi connectivity index (χ1v) is 8.88. The van der Waals surface area contributed by atoms with Crippen molar-refractivity contribution < 1.29 is 4.39 Å². The number of fused-ring (bicyclic) bond motifs is 1. The summed E-state index contributed by atoms with van der Waals surface area (Å²) < 4.78 is 14.3. The van der Waals surface area contributed by atoms with Crippen LogP contribution >= 0.6 is 0 Å². The lowest BCUT2D eigenvalue weighted by Gasteiger charge is -2.27. The Morgan fingerprint density at radius 1 is 1.28 bits per heavy atom. The number of H-pyrrole nitrogens is 1. The molecule has 4 rings (SSSR count). The van der Waals surface area contributed by atoms with Crippen molar-refractivity contribution in [2.75, 3.05) is 18.8 Å². The van der Waals surface area contributed by atoms with Gasteiger partial charge in [-0.3, -0.25) is 0 Å². The van der Waals surface area contributed by atoms with E-state index in [1.165, 1.54) is 10.9 Å². The van der Waals surface area contributed by atoms with Gasteiger partial charge in [0, 0.05) is 40.8 Å². The third-order valence-electron chi connectivity index (χ3n) is 5.19. The van der Waals surface area contributed by atoms with Crippen molar-refractivity contribution in [3.8, 4) is 11.3 Å². The second-order valence-corrected chi connectivity index (χ2v) is 6.72. The molecule has 1 saturated heterocycles. The van der Waals surface area contributed by atoms with Crippen LogP contribution in [-0.2, 0) is 6.42 Å². The summed E-state index contributed by atoms with van der Waals surface area (Å²) in [5, 5.41) is 4.30. The highest BCUT2D eigenvalue weighted by molar-refractivity contribution is 5.91. The molecule has 2 unspecified atom stereocenters. The topological polar surface area (TPSA) is 66.7 Å². The molecule has 2 atom stereocenters. The van der Waals surface area contributed by atoms with E-state index >= 15 is 0 Å². The normalized spacial score (nSPS) is 20.9. The molecule has 0 bridgehead atoms. The molecule has 0 spiro atoms. The van der Waals surface area contributed by atoms with E-state index in [0.717, 1.165) is 41.7 Å². The molecule has 0 aliphatic carbocycles.